The van der Waals surface area contributed by atoms with E-state index in [1.807, 2.05) is 7.11 Å². The highest BCUT2D eigenvalue weighted by Gasteiger charge is 2.43. The molecule has 2 rings (SSSR count). The van der Waals surface area contributed by atoms with Crippen molar-refractivity contribution in [3.63, 3.8) is 0 Å². The summed E-state index contributed by atoms with van der Waals surface area (Å²) in [7, 11) is 4.07. The van der Waals surface area contributed by atoms with Gasteiger partial charge in [-0.1, -0.05) is 0 Å². The number of methoxy groups -OCH3 is 1. The van der Waals surface area contributed by atoms with Crippen LogP contribution in [0.3, 0.4) is 0 Å². The average Bonchev–Trinajstić information content (AvgIpc) is 2.27. The Hall–Kier alpha value is -0.0800. The van der Waals surface area contributed by atoms with Gasteiger partial charge in [-0.2, -0.15) is 0 Å². The van der Waals surface area contributed by atoms with Gasteiger partial charge in [-0.25, -0.2) is 0 Å². The van der Waals surface area contributed by atoms with Gasteiger partial charge in [0.05, 0.1) is 6.61 Å². The molecule has 2 fully saturated rings. The zero-order valence-corrected chi connectivity index (χ0v) is 8.18. The van der Waals surface area contributed by atoms with Crippen LogP contribution in [-0.4, -0.2) is 38.8 Å². The topological polar surface area (TPSA) is 12.5 Å². The predicted molar refractivity (Wildman–Crippen MR) is 49.1 cm³/mol. The molecule has 0 aromatic carbocycles. The Morgan fingerprint density at radius 2 is 2.42 bits per heavy atom. The summed E-state index contributed by atoms with van der Waals surface area (Å²) in [6, 6.07) is 0. The molecule has 70 valence electrons. The second kappa shape index (κ2) is 3.00. The van der Waals surface area contributed by atoms with Gasteiger partial charge in [0.1, 0.15) is 0 Å². The first-order chi connectivity index (χ1) is 5.74. The summed E-state index contributed by atoms with van der Waals surface area (Å²) in [6.07, 6.45) is 4.22. The van der Waals surface area contributed by atoms with Crippen molar-refractivity contribution in [1.82, 2.24) is 4.90 Å². The third-order valence-corrected chi connectivity index (χ3v) is 3.43. The molecule has 0 spiro atoms. The van der Waals surface area contributed by atoms with Gasteiger partial charge in [0, 0.05) is 25.6 Å². The molecule has 0 radical (unpaired) electrons. The molecule has 1 heterocycles. The van der Waals surface area contributed by atoms with Gasteiger partial charge in [0.15, 0.2) is 0 Å². The third kappa shape index (κ3) is 1.38. The Morgan fingerprint density at radius 1 is 1.58 bits per heavy atom. The minimum atomic E-state index is 0.520. The Morgan fingerprint density at radius 3 is 3.17 bits per heavy atom. The number of nitrogens with zero attached hydrogens (tertiary/aromatic N) is 1. The monoisotopic (exact) mass is 169 g/mol. The number of likely N-dealkylation sites (tertiary alicyclic amines) is 1. The molecule has 0 unspecified atom stereocenters. The Bertz CT molecular complexity index is 167. The molecule has 2 bridgehead atoms. The fourth-order valence-electron chi connectivity index (χ4n) is 3.19. The normalized spacial score (nSPS) is 42.0. The van der Waals surface area contributed by atoms with E-state index < -0.39 is 0 Å². The van der Waals surface area contributed by atoms with E-state index in [4.69, 9.17) is 4.74 Å². The van der Waals surface area contributed by atoms with E-state index in [0.717, 1.165) is 12.5 Å². The van der Waals surface area contributed by atoms with Crippen LogP contribution in [0.1, 0.15) is 19.3 Å². The molecule has 2 nitrogen and oxygen atoms in total. The first-order valence-corrected chi connectivity index (χ1v) is 4.92. The van der Waals surface area contributed by atoms with Crippen LogP contribution < -0.4 is 0 Å². The summed E-state index contributed by atoms with van der Waals surface area (Å²) in [4.78, 5) is 2.47. The predicted octanol–water partition coefficient (Wildman–Crippen LogP) is 1.36. The van der Waals surface area contributed by atoms with E-state index in [-0.39, 0.29) is 0 Å². The lowest BCUT2D eigenvalue weighted by atomic mass is 9.83. The average molecular weight is 169 g/mol. The Labute approximate surface area is 74.9 Å². The van der Waals surface area contributed by atoms with E-state index in [1.165, 1.54) is 32.4 Å². The maximum Gasteiger partial charge on any atom is 0.0531 e. The van der Waals surface area contributed by atoms with Gasteiger partial charge >= 0.3 is 0 Å². The molecule has 12 heavy (non-hydrogen) atoms. The van der Waals surface area contributed by atoms with Gasteiger partial charge in [-0.3, -0.25) is 0 Å². The highest BCUT2D eigenvalue weighted by atomic mass is 16.5. The Balaban J connectivity index is 2.05. The van der Waals surface area contributed by atoms with E-state index in [1.54, 1.807) is 0 Å². The summed E-state index contributed by atoms with van der Waals surface area (Å²) in [6.45, 7) is 3.52. The third-order valence-electron chi connectivity index (χ3n) is 3.43. The standard InChI is InChI=1S/C10H19NO/c1-11-6-9-3-4-10(5-9,7-11)8-12-2/h9H,3-8H2,1-2H3/t9-,10-/m0/s1. The van der Waals surface area contributed by atoms with Crippen LogP contribution >= 0.6 is 0 Å². The minimum absolute atomic E-state index is 0.520. The first-order valence-electron chi connectivity index (χ1n) is 4.92. The van der Waals surface area contributed by atoms with E-state index in [0.29, 0.717) is 5.41 Å². The van der Waals surface area contributed by atoms with Crippen molar-refractivity contribution in [2.24, 2.45) is 11.3 Å². The molecule has 0 aromatic heterocycles. The second-order valence-corrected chi connectivity index (χ2v) is 4.74. The van der Waals surface area contributed by atoms with Crippen LogP contribution in [-0.2, 0) is 4.74 Å². The molecule has 1 saturated heterocycles. The van der Waals surface area contributed by atoms with Gasteiger partial charge < -0.3 is 9.64 Å². The second-order valence-electron chi connectivity index (χ2n) is 4.74. The maximum atomic E-state index is 5.32. The van der Waals surface area contributed by atoms with E-state index in [2.05, 4.69) is 11.9 Å². The van der Waals surface area contributed by atoms with Gasteiger partial charge in [-0.15, -0.1) is 0 Å². The highest BCUT2D eigenvalue weighted by Crippen LogP contribution is 2.45. The smallest absolute Gasteiger partial charge is 0.0531 e. The van der Waals surface area contributed by atoms with Crippen LogP contribution in [0.5, 0.6) is 0 Å². The van der Waals surface area contributed by atoms with Crippen LogP contribution in [0.25, 0.3) is 0 Å². The number of hydrogen-bond acceptors (Lipinski definition) is 2. The number of rotatable bonds is 2. The van der Waals surface area contributed by atoms with Crippen molar-refractivity contribution in [2.75, 3.05) is 33.9 Å². The van der Waals surface area contributed by atoms with Crippen molar-refractivity contribution in [2.45, 2.75) is 19.3 Å². The van der Waals surface area contributed by atoms with Crippen molar-refractivity contribution in [3.05, 3.63) is 0 Å². The molecular formula is C10H19NO. The lowest BCUT2D eigenvalue weighted by Crippen LogP contribution is -2.42. The van der Waals surface area contributed by atoms with E-state index >= 15 is 0 Å². The van der Waals surface area contributed by atoms with Crippen LogP contribution in [0.4, 0.5) is 0 Å². The first kappa shape index (κ1) is 8.52. The van der Waals surface area contributed by atoms with Crippen molar-refractivity contribution in [3.8, 4) is 0 Å². The fraction of sp³-hybridized carbons (Fsp3) is 1.00. The maximum absolute atomic E-state index is 5.32. The molecule has 0 amide bonds. The molecule has 2 atom stereocenters. The van der Waals surface area contributed by atoms with Gasteiger partial charge in [0.25, 0.3) is 0 Å². The van der Waals surface area contributed by atoms with Gasteiger partial charge in [0.2, 0.25) is 0 Å². The quantitative estimate of drug-likeness (QED) is 0.619. The van der Waals surface area contributed by atoms with Crippen molar-refractivity contribution < 1.29 is 4.74 Å². The van der Waals surface area contributed by atoms with E-state index in [9.17, 15) is 0 Å². The lowest BCUT2D eigenvalue weighted by molar-refractivity contribution is 0.0316. The molecule has 2 heteroatoms. The molecule has 0 aromatic rings. The summed E-state index contributed by atoms with van der Waals surface area (Å²) < 4.78 is 5.32. The number of hydrogen-bond donors (Lipinski definition) is 0. The van der Waals surface area contributed by atoms with Crippen LogP contribution in [0, 0.1) is 11.3 Å². The van der Waals surface area contributed by atoms with Gasteiger partial charge in [-0.05, 0) is 32.2 Å². The summed E-state index contributed by atoms with van der Waals surface area (Å²) in [5.41, 5.74) is 0.520. The number of piperidine rings is 1. The number of fused-ring (bicyclic) bond motifs is 2. The molecule has 1 aliphatic carbocycles. The summed E-state index contributed by atoms with van der Waals surface area (Å²) in [5, 5.41) is 0. The van der Waals surface area contributed by atoms with Crippen molar-refractivity contribution in [1.29, 1.82) is 0 Å². The van der Waals surface area contributed by atoms with Crippen molar-refractivity contribution >= 4 is 0 Å². The fourth-order valence-corrected chi connectivity index (χ4v) is 3.19. The molecule has 0 N–H and O–H groups in total. The molecule has 1 aliphatic heterocycles. The zero-order chi connectivity index (χ0) is 8.60. The highest BCUT2D eigenvalue weighted by molar-refractivity contribution is 4.95. The summed E-state index contributed by atoms with van der Waals surface area (Å²) in [5.74, 6) is 0.957. The lowest BCUT2D eigenvalue weighted by Gasteiger charge is -2.38. The zero-order valence-electron chi connectivity index (χ0n) is 8.18. The molecular weight excluding hydrogens is 150 g/mol. The summed E-state index contributed by atoms with van der Waals surface area (Å²) >= 11 is 0. The van der Waals surface area contributed by atoms with Crippen LogP contribution in [0.2, 0.25) is 0 Å². The largest absolute Gasteiger partial charge is 0.384 e. The molecule has 2 aliphatic rings. The van der Waals surface area contributed by atoms with Crippen LogP contribution in [0.15, 0.2) is 0 Å². The number of ether oxygens (including phenoxy) is 1. The molecule has 1 saturated carbocycles. The Kier molecular flexibility index (Phi) is 2.13. The SMILES string of the molecule is COC[C@]12CC[C@H](CN(C)C1)C2. The minimum Gasteiger partial charge on any atom is -0.384 e.